The molecule has 0 atom stereocenters. The van der Waals surface area contributed by atoms with Crippen LogP contribution in [0.2, 0.25) is 0 Å². The lowest BCUT2D eigenvalue weighted by molar-refractivity contribution is -0.153. The largest absolute Gasteiger partial charge is 0.480 e. The van der Waals surface area contributed by atoms with Crippen molar-refractivity contribution in [2.45, 2.75) is 27.3 Å². The van der Waals surface area contributed by atoms with E-state index in [1.165, 1.54) is 25.2 Å². The number of aryl methyl sites for hydroxylation is 1. The van der Waals surface area contributed by atoms with Gasteiger partial charge in [0.2, 0.25) is 5.91 Å². The first-order valence-corrected chi connectivity index (χ1v) is 5.64. The number of nitrogens with zero attached hydrogens (tertiary/aromatic N) is 1. The van der Waals surface area contributed by atoms with Crippen molar-refractivity contribution in [2.24, 2.45) is 5.41 Å². The Bertz CT molecular complexity index is 412. The first-order chi connectivity index (χ1) is 7.35. The van der Waals surface area contributed by atoms with E-state index in [9.17, 15) is 9.59 Å². The lowest BCUT2D eigenvalue weighted by Crippen LogP contribution is -2.41. The minimum Gasteiger partial charge on any atom is -0.480 e. The Hall–Kier alpha value is -1.43. The van der Waals surface area contributed by atoms with E-state index >= 15 is 0 Å². The first kappa shape index (κ1) is 12.6. The van der Waals surface area contributed by atoms with Crippen LogP contribution in [0.1, 0.15) is 24.4 Å². The Morgan fingerprint density at radius 2 is 2.19 bits per heavy atom. The highest BCUT2D eigenvalue weighted by molar-refractivity contribution is 7.09. The lowest BCUT2D eigenvalue weighted by atomic mass is 9.93. The molecule has 0 radical (unpaired) electrons. The summed E-state index contributed by atoms with van der Waals surface area (Å²) in [4.78, 5) is 27.4. The fraction of sp³-hybridized carbons (Fsp3) is 0.500. The number of amides is 1. The fourth-order valence-corrected chi connectivity index (χ4v) is 1.69. The molecule has 0 spiro atoms. The highest BCUT2D eigenvalue weighted by Crippen LogP contribution is 2.17. The van der Waals surface area contributed by atoms with Crippen LogP contribution in [0.3, 0.4) is 0 Å². The van der Waals surface area contributed by atoms with E-state index in [1.807, 2.05) is 6.92 Å². The number of rotatable bonds is 4. The SMILES string of the molecule is Cc1ncsc1CNC(=O)C(C)(C)C(=O)O. The maximum Gasteiger partial charge on any atom is 0.318 e. The zero-order valence-electron chi connectivity index (χ0n) is 9.40. The van der Waals surface area contributed by atoms with Gasteiger partial charge in [0.15, 0.2) is 0 Å². The van der Waals surface area contributed by atoms with Gasteiger partial charge < -0.3 is 10.4 Å². The zero-order valence-corrected chi connectivity index (χ0v) is 10.2. The predicted octanol–water partition coefficient (Wildman–Crippen LogP) is 1.18. The average Bonchev–Trinajstić information content (AvgIpc) is 2.60. The lowest BCUT2D eigenvalue weighted by Gasteiger charge is -2.17. The van der Waals surface area contributed by atoms with Gasteiger partial charge in [0.1, 0.15) is 5.41 Å². The minimum absolute atomic E-state index is 0.325. The molecule has 0 aliphatic carbocycles. The molecule has 0 bridgehead atoms. The molecule has 1 heterocycles. The number of thiazole rings is 1. The van der Waals surface area contributed by atoms with Gasteiger partial charge in [0.25, 0.3) is 0 Å². The van der Waals surface area contributed by atoms with Crippen LogP contribution in [0.4, 0.5) is 0 Å². The molecule has 1 amide bonds. The van der Waals surface area contributed by atoms with Crippen LogP contribution in [-0.4, -0.2) is 22.0 Å². The molecule has 6 heteroatoms. The van der Waals surface area contributed by atoms with Gasteiger partial charge in [-0.05, 0) is 20.8 Å². The zero-order chi connectivity index (χ0) is 12.3. The number of carboxylic acids is 1. The van der Waals surface area contributed by atoms with Gasteiger partial charge in [-0.15, -0.1) is 11.3 Å². The molecule has 0 saturated carbocycles. The fourth-order valence-electron chi connectivity index (χ4n) is 0.975. The van der Waals surface area contributed by atoms with Crippen molar-refractivity contribution >= 4 is 23.2 Å². The highest BCUT2D eigenvalue weighted by atomic mass is 32.1. The third-order valence-electron chi connectivity index (χ3n) is 2.36. The molecular weight excluding hydrogens is 228 g/mol. The number of hydrogen-bond acceptors (Lipinski definition) is 4. The molecule has 1 rings (SSSR count). The van der Waals surface area contributed by atoms with Crippen LogP contribution >= 0.6 is 11.3 Å². The average molecular weight is 242 g/mol. The van der Waals surface area contributed by atoms with Crippen LogP contribution in [0.5, 0.6) is 0 Å². The Kier molecular flexibility index (Phi) is 3.64. The standard InChI is InChI=1S/C10H14N2O3S/c1-6-7(16-5-12-6)4-11-8(13)10(2,3)9(14)15/h5H,4H2,1-3H3,(H,11,13)(H,14,15). The number of carbonyl (C=O) groups is 2. The molecule has 2 N–H and O–H groups in total. The van der Waals surface area contributed by atoms with E-state index in [0.29, 0.717) is 6.54 Å². The highest BCUT2D eigenvalue weighted by Gasteiger charge is 2.35. The summed E-state index contributed by atoms with van der Waals surface area (Å²) < 4.78 is 0. The van der Waals surface area contributed by atoms with Gasteiger partial charge in [-0.2, -0.15) is 0 Å². The van der Waals surface area contributed by atoms with Crippen molar-refractivity contribution in [3.63, 3.8) is 0 Å². The maximum atomic E-state index is 11.6. The van der Waals surface area contributed by atoms with Gasteiger partial charge in [-0.3, -0.25) is 9.59 Å². The molecule has 0 aliphatic heterocycles. The van der Waals surface area contributed by atoms with Crippen molar-refractivity contribution in [2.75, 3.05) is 0 Å². The van der Waals surface area contributed by atoms with Gasteiger partial charge >= 0.3 is 5.97 Å². The van der Waals surface area contributed by atoms with Gasteiger partial charge in [-0.1, -0.05) is 0 Å². The van der Waals surface area contributed by atoms with Crippen LogP contribution in [-0.2, 0) is 16.1 Å². The normalized spacial score (nSPS) is 11.2. The summed E-state index contributed by atoms with van der Waals surface area (Å²) in [6, 6.07) is 0. The predicted molar refractivity (Wildman–Crippen MR) is 60.1 cm³/mol. The number of aromatic nitrogens is 1. The molecule has 0 aliphatic rings. The summed E-state index contributed by atoms with van der Waals surface area (Å²) >= 11 is 1.44. The number of aliphatic carboxylic acids is 1. The number of hydrogen-bond donors (Lipinski definition) is 2. The molecule has 0 aromatic carbocycles. The summed E-state index contributed by atoms with van der Waals surface area (Å²) in [5.41, 5.74) is 1.15. The van der Waals surface area contributed by atoms with Crippen molar-refractivity contribution in [3.05, 3.63) is 16.1 Å². The van der Waals surface area contributed by atoms with Crippen molar-refractivity contribution < 1.29 is 14.7 Å². The Labute approximate surface area is 97.5 Å². The second kappa shape index (κ2) is 4.61. The molecule has 5 nitrogen and oxygen atoms in total. The molecule has 0 saturated heterocycles. The summed E-state index contributed by atoms with van der Waals surface area (Å²) in [6.07, 6.45) is 0. The van der Waals surface area contributed by atoms with Crippen LogP contribution in [0.25, 0.3) is 0 Å². The van der Waals surface area contributed by atoms with E-state index in [0.717, 1.165) is 10.6 Å². The Balaban J connectivity index is 2.60. The van der Waals surface area contributed by atoms with E-state index in [4.69, 9.17) is 5.11 Å². The first-order valence-electron chi connectivity index (χ1n) is 4.76. The summed E-state index contributed by atoms with van der Waals surface area (Å²) in [6.45, 7) is 4.93. The van der Waals surface area contributed by atoms with Crippen LogP contribution in [0.15, 0.2) is 5.51 Å². The van der Waals surface area contributed by atoms with E-state index in [1.54, 1.807) is 5.51 Å². The maximum absolute atomic E-state index is 11.6. The number of carboxylic acid groups (broad SMARTS) is 1. The Morgan fingerprint density at radius 3 is 2.62 bits per heavy atom. The number of carbonyl (C=O) groups excluding carboxylic acids is 1. The monoisotopic (exact) mass is 242 g/mol. The summed E-state index contributed by atoms with van der Waals surface area (Å²) in [5, 5.41) is 11.5. The minimum atomic E-state index is -1.40. The summed E-state index contributed by atoms with van der Waals surface area (Å²) in [5.74, 6) is -1.63. The molecule has 0 unspecified atom stereocenters. The quantitative estimate of drug-likeness (QED) is 0.777. The molecule has 1 aromatic rings. The van der Waals surface area contributed by atoms with Crippen molar-refractivity contribution in [1.82, 2.24) is 10.3 Å². The summed E-state index contributed by atoms with van der Waals surface area (Å²) in [7, 11) is 0. The molecule has 0 fully saturated rings. The second-order valence-corrected chi connectivity index (χ2v) is 4.91. The molecule has 88 valence electrons. The van der Waals surface area contributed by atoms with Gasteiger partial charge in [0.05, 0.1) is 17.7 Å². The molecule has 16 heavy (non-hydrogen) atoms. The number of nitrogens with one attached hydrogen (secondary N) is 1. The van der Waals surface area contributed by atoms with Crippen molar-refractivity contribution in [1.29, 1.82) is 0 Å². The van der Waals surface area contributed by atoms with Crippen LogP contribution < -0.4 is 5.32 Å². The van der Waals surface area contributed by atoms with Gasteiger partial charge in [-0.25, -0.2) is 4.98 Å². The third kappa shape index (κ3) is 2.57. The van der Waals surface area contributed by atoms with Gasteiger partial charge in [0, 0.05) is 4.88 Å². The molecular formula is C10H14N2O3S. The third-order valence-corrected chi connectivity index (χ3v) is 3.29. The van der Waals surface area contributed by atoms with Crippen LogP contribution in [0, 0.1) is 12.3 Å². The second-order valence-electron chi connectivity index (χ2n) is 3.97. The molecule has 1 aromatic heterocycles. The van der Waals surface area contributed by atoms with E-state index < -0.39 is 17.3 Å². The van der Waals surface area contributed by atoms with Crippen molar-refractivity contribution in [3.8, 4) is 0 Å². The Morgan fingerprint density at radius 1 is 1.56 bits per heavy atom. The van der Waals surface area contributed by atoms with E-state index in [-0.39, 0.29) is 0 Å². The smallest absolute Gasteiger partial charge is 0.318 e. The van der Waals surface area contributed by atoms with E-state index in [2.05, 4.69) is 10.3 Å². The topological polar surface area (TPSA) is 79.3 Å².